The van der Waals surface area contributed by atoms with Gasteiger partial charge in [0, 0.05) is 22.9 Å². The normalized spacial score (nSPS) is 11.3. The summed E-state index contributed by atoms with van der Waals surface area (Å²) in [5, 5.41) is 14.1. The molecule has 0 aliphatic rings. The van der Waals surface area contributed by atoms with E-state index >= 15 is 0 Å². The number of nitrogens with zero attached hydrogens (tertiary/aromatic N) is 1. The quantitative estimate of drug-likeness (QED) is 0.493. The Morgan fingerprint density at radius 1 is 1.08 bits per heavy atom. The van der Waals surface area contributed by atoms with Crippen LogP contribution < -0.4 is 15.4 Å². The average Bonchev–Trinajstić information content (AvgIpc) is 3.00. The van der Waals surface area contributed by atoms with Gasteiger partial charge in [0.25, 0.3) is 0 Å². The van der Waals surface area contributed by atoms with Gasteiger partial charge in [-0.25, -0.2) is 13.1 Å². The van der Waals surface area contributed by atoms with Gasteiger partial charge in [-0.2, -0.15) is 5.10 Å². The Morgan fingerprint density at radius 2 is 1.85 bits per heavy atom. The first-order valence-electron chi connectivity index (χ1n) is 7.76. The van der Waals surface area contributed by atoms with Gasteiger partial charge in [0.05, 0.1) is 12.5 Å². The third kappa shape index (κ3) is 5.22. The van der Waals surface area contributed by atoms with Crippen molar-refractivity contribution in [1.29, 1.82) is 0 Å². The van der Waals surface area contributed by atoms with E-state index in [2.05, 4.69) is 25.6 Å². The number of rotatable bonds is 7. The first kappa shape index (κ1) is 18.2. The molecule has 2 aromatic carbocycles. The molecule has 1 heterocycles. The molecule has 0 unspecified atom stereocenters. The summed E-state index contributed by atoms with van der Waals surface area (Å²) >= 11 is 6.00. The fourth-order valence-electron chi connectivity index (χ4n) is 2.26. The van der Waals surface area contributed by atoms with Crippen LogP contribution >= 0.6 is 11.6 Å². The van der Waals surface area contributed by atoms with Crippen molar-refractivity contribution in [2.45, 2.75) is 6.54 Å². The highest BCUT2D eigenvalue weighted by atomic mass is 35.5. The van der Waals surface area contributed by atoms with Crippen LogP contribution in [0.4, 0.5) is 22.9 Å². The van der Waals surface area contributed by atoms with Crippen molar-refractivity contribution in [3.05, 3.63) is 65.3 Å². The molecule has 0 bridgehead atoms. The Balaban J connectivity index is 1.67. The lowest BCUT2D eigenvalue weighted by Gasteiger charge is -2.10. The highest BCUT2D eigenvalue weighted by Gasteiger charge is 2.07. The Kier molecular flexibility index (Phi) is 5.46. The van der Waals surface area contributed by atoms with Crippen LogP contribution in [0.5, 0.6) is 0 Å². The van der Waals surface area contributed by atoms with Gasteiger partial charge >= 0.3 is 0 Å². The monoisotopic (exact) mass is 391 g/mol. The molecule has 3 aromatic rings. The molecular weight excluding hydrogens is 374 g/mol. The third-order valence-corrected chi connectivity index (χ3v) is 4.41. The molecule has 0 atom stereocenters. The average molecular weight is 392 g/mol. The summed E-state index contributed by atoms with van der Waals surface area (Å²) in [6.07, 6.45) is 2.81. The Morgan fingerprint density at radius 3 is 2.54 bits per heavy atom. The minimum absolute atomic E-state index is 0.255. The van der Waals surface area contributed by atoms with E-state index in [-0.39, 0.29) is 6.54 Å². The van der Waals surface area contributed by atoms with E-state index in [1.54, 1.807) is 6.20 Å². The highest BCUT2D eigenvalue weighted by Crippen LogP contribution is 2.27. The van der Waals surface area contributed by atoms with Crippen molar-refractivity contribution in [3.63, 3.8) is 0 Å². The lowest BCUT2D eigenvalue weighted by Crippen LogP contribution is -2.21. The molecule has 9 heteroatoms. The van der Waals surface area contributed by atoms with Crippen molar-refractivity contribution in [2.24, 2.45) is 0 Å². The highest BCUT2D eigenvalue weighted by molar-refractivity contribution is 7.88. The molecule has 0 saturated carbocycles. The predicted molar refractivity (Wildman–Crippen MR) is 105 cm³/mol. The summed E-state index contributed by atoms with van der Waals surface area (Å²) in [6.45, 7) is 0.255. The summed E-state index contributed by atoms with van der Waals surface area (Å²) in [6, 6.07) is 14.8. The number of hydrogen-bond donors (Lipinski definition) is 4. The van der Waals surface area contributed by atoms with Crippen LogP contribution in [0.15, 0.2) is 54.7 Å². The largest absolute Gasteiger partial charge is 0.351 e. The molecule has 136 valence electrons. The van der Waals surface area contributed by atoms with Crippen LogP contribution in [0, 0.1) is 0 Å². The lowest BCUT2D eigenvalue weighted by molar-refractivity contribution is 0.587. The Labute approximate surface area is 156 Å². The number of nitrogens with one attached hydrogen (secondary N) is 4. The molecule has 0 amide bonds. The minimum Gasteiger partial charge on any atom is -0.351 e. The maximum absolute atomic E-state index is 11.1. The summed E-state index contributed by atoms with van der Waals surface area (Å²) < 4.78 is 24.7. The van der Waals surface area contributed by atoms with Gasteiger partial charge in [-0.15, -0.1) is 0 Å². The SMILES string of the molecule is CS(=O)(=O)NCc1ccc(Nc2[nH]ncc2Nc2cccc(Cl)c2)cc1. The van der Waals surface area contributed by atoms with Crippen LogP contribution in [0.2, 0.25) is 5.02 Å². The van der Waals surface area contributed by atoms with Crippen LogP contribution in [0.25, 0.3) is 0 Å². The van der Waals surface area contributed by atoms with E-state index in [0.717, 1.165) is 28.9 Å². The van der Waals surface area contributed by atoms with Gasteiger partial charge in [0.15, 0.2) is 0 Å². The molecule has 0 fully saturated rings. The molecule has 0 aliphatic heterocycles. The van der Waals surface area contributed by atoms with Gasteiger partial charge in [-0.1, -0.05) is 29.8 Å². The summed E-state index contributed by atoms with van der Waals surface area (Å²) in [7, 11) is -3.21. The van der Waals surface area contributed by atoms with Crippen molar-refractivity contribution >= 4 is 44.5 Å². The van der Waals surface area contributed by atoms with E-state index in [9.17, 15) is 8.42 Å². The Hall–Kier alpha value is -2.55. The summed E-state index contributed by atoms with van der Waals surface area (Å²) in [5.41, 5.74) is 3.33. The zero-order valence-corrected chi connectivity index (χ0v) is 15.5. The van der Waals surface area contributed by atoms with Crippen molar-refractivity contribution in [1.82, 2.24) is 14.9 Å². The van der Waals surface area contributed by atoms with Crippen molar-refractivity contribution in [3.8, 4) is 0 Å². The van der Waals surface area contributed by atoms with Gasteiger partial charge in [0.2, 0.25) is 10.0 Å². The van der Waals surface area contributed by atoms with Crippen molar-refractivity contribution in [2.75, 3.05) is 16.9 Å². The van der Waals surface area contributed by atoms with Crippen LogP contribution in [-0.4, -0.2) is 24.9 Å². The number of aromatic amines is 1. The second kappa shape index (κ2) is 7.77. The number of anilines is 4. The number of halogens is 1. The first-order valence-corrected chi connectivity index (χ1v) is 10.0. The molecule has 26 heavy (non-hydrogen) atoms. The summed E-state index contributed by atoms with van der Waals surface area (Å²) in [5.74, 6) is 0.701. The fraction of sp³-hybridized carbons (Fsp3) is 0.118. The fourth-order valence-corrected chi connectivity index (χ4v) is 2.88. The smallest absolute Gasteiger partial charge is 0.209 e. The number of H-pyrrole nitrogens is 1. The minimum atomic E-state index is -3.21. The molecule has 0 saturated heterocycles. The summed E-state index contributed by atoms with van der Waals surface area (Å²) in [4.78, 5) is 0. The number of sulfonamides is 1. The number of hydrogen-bond acceptors (Lipinski definition) is 5. The number of benzene rings is 2. The molecular formula is C17H18ClN5O2S. The van der Waals surface area contributed by atoms with E-state index < -0.39 is 10.0 Å². The third-order valence-electron chi connectivity index (χ3n) is 3.50. The van der Waals surface area contributed by atoms with Gasteiger partial charge in [-0.3, -0.25) is 5.10 Å². The topological polar surface area (TPSA) is 98.9 Å². The van der Waals surface area contributed by atoms with Crippen LogP contribution in [-0.2, 0) is 16.6 Å². The van der Waals surface area contributed by atoms with E-state index in [0.29, 0.717) is 10.8 Å². The van der Waals surface area contributed by atoms with Gasteiger partial charge in [-0.05, 0) is 35.9 Å². The molecule has 7 nitrogen and oxygen atoms in total. The molecule has 0 aliphatic carbocycles. The van der Waals surface area contributed by atoms with Gasteiger partial charge < -0.3 is 10.6 Å². The van der Waals surface area contributed by atoms with E-state index in [1.165, 1.54) is 0 Å². The standard InChI is InChI=1S/C17H18ClN5O2S/c1-26(24,25)20-10-12-5-7-14(8-6-12)22-17-16(11-19-23-17)21-15-4-2-3-13(18)9-15/h2-9,11,20-21H,10H2,1H3,(H2,19,22,23). The second-order valence-corrected chi connectivity index (χ2v) is 7.98. The first-order chi connectivity index (χ1) is 12.4. The maximum atomic E-state index is 11.1. The molecule has 0 radical (unpaired) electrons. The predicted octanol–water partition coefficient (Wildman–Crippen LogP) is 3.60. The molecule has 0 spiro atoms. The zero-order valence-electron chi connectivity index (χ0n) is 14.0. The molecule has 3 rings (SSSR count). The molecule has 1 aromatic heterocycles. The van der Waals surface area contributed by atoms with Crippen LogP contribution in [0.1, 0.15) is 5.56 Å². The van der Waals surface area contributed by atoms with Gasteiger partial charge in [0.1, 0.15) is 11.5 Å². The zero-order chi connectivity index (χ0) is 18.6. The van der Waals surface area contributed by atoms with Crippen molar-refractivity contribution < 1.29 is 8.42 Å². The van der Waals surface area contributed by atoms with E-state index in [4.69, 9.17) is 11.6 Å². The van der Waals surface area contributed by atoms with E-state index in [1.807, 2.05) is 48.5 Å². The Bertz CT molecular complexity index is 986. The lowest BCUT2D eigenvalue weighted by atomic mass is 10.2. The second-order valence-electron chi connectivity index (χ2n) is 5.71. The number of aromatic nitrogens is 2. The molecule has 4 N–H and O–H groups in total. The van der Waals surface area contributed by atoms with Crippen LogP contribution in [0.3, 0.4) is 0 Å². The maximum Gasteiger partial charge on any atom is 0.209 e.